The standard InChI is InChI=1S/C22H28O8/c1-4-5-9-12-25-22-20(28-15(3)24)19(27-14(2)23)18-17(29-22)13-26-21(30-18)16-10-7-6-8-11-16/h4,6-8,10-11,17-22H,1,5,9,12-13H2,2-3H3/t17-,18-,19+,20-,21?,22-/m1/s1. The molecule has 1 aromatic carbocycles. The molecule has 2 saturated heterocycles. The minimum Gasteiger partial charge on any atom is -0.455 e. The number of allylic oxidation sites excluding steroid dienone is 1. The summed E-state index contributed by atoms with van der Waals surface area (Å²) in [7, 11) is 0. The van der Waals surface area contributed by atoms with E-state index in [4.69, 9.17) is 28.4 Å². The number of ether oxygens (including phenoxy) is 6. The number of carbonyl (C=O) groups excluding carboxylic acids is 2. The van der Waals surface area contributed by atoms with Crippen molar-refractivity contribution < 1.29 is 38.0 Å². The Morgan fingerprint density at radius 2 is 1.80 bits per heavy atom. The molecule has 1 aromatic rings. The highest BCUT2D eigenvalue weighted by Gasteiger charge is 2.53. The van der Waals surface area contributed by atoms with Crippen LogP contribution in [0.15, 0.2) is 43.0 Å². The molecule has 0 saturated carbocycles. The SMILES string of the molecule is C=CCCCO[C@@H]1O[C@@H]2COC(c3ccccc3)O[C@H]2[C@H](OC(C)=O)[C@H]1OC(C)=O. The Morgan fingerprint density at radius 1 is 1.10 bits per heavy atom. The lowest BCUT2D eigenvalue weighted by Crippen LogP contribution is -2.64. The number of esters is 2. The monoisotopic (exact) mass is 420 g/mol. The molecule has 0 amide bonds. The molecule has 30 heavy (non-hydrogen) atoms. The van der Waals surface area contributed by atoms with Crippen LogP contribution in [0.5, 0.6) is 0 Å². The third kappa shape index (κ3) is 5.66. The van der Waals surface area contributed by atoms with Crippen LogP contribution >= 0.6 is 0 Å². The van der Waals surface area contributed by atoms with Crippen molar-refractivity contribution in [2.24, 2.45) is 0 Å². The van der Waals surface area contributed by atoms with Crippen LogP contribution in [0.2, 0.25) is 0 Å². The molecule has 8 heteroatoms. The smallest absolute Gasteiger partial charge is 0.303 e. The maximum Gasteiger partial charge on any atom is 0.303 e. The molecule has 3 rings (SSSR count). The molecule has 0 aromatic heterocycles. The molecule has 0 aliphatic carbocycles. The van der Waals surface area contributed by atoms with E-state index in [0.29, 0.717) is 6.61 Å². The summed E-state index contributed by atoms with van der Waals surface area (Å²) in [5, 5.41) is 0. The molecule has 0 radical (unpaired) electrons. The zero-order valence-electron chi connectivity index (χ0n) is 17.2. The lowest BCUT2D eigenvalue weighted by atomic mass is 9.97. The highest BCUT2D eigenvalue weighted by atomic mass is 16.8. The highest BCUT2D eigenvalue weighted by Crippen LogP contribution is 2.36. The number of carbonyl (C=O) groups is 2. The third-order valence-corrected chi connectivity index (χ3v) is 4.79. The number of hydrogen-bond acceptors (Lipinski definition) is 8. The summed E-state index contributed by atoms with van der Waals surface area (Å²) in [6, 6.07) is 9.41. The summed E-state index contributed by atoms with van der Waals surface area (Å²) in [5.74, 6) is -1.06. The van der Waals surface area contributed by atoms with Crippen LogP contribution < -0.4 is 0 Å². The van der Waals surface area contributed by atoms with Crippen LogP contribution in [0.3, 0.4) is 0 Å². The van der Waals surface area contributed by atoms with E-state index in [0.717, 1.165) is 18.4 Å². The number of rotatable bonds is 8. The number of fused-ring (bicyclic) bond motifs is 1. The van der Waals surface area contributed by atoms with E-state index in [9.17, 15) is 9.59 Å². The van der Waals surface area contributed by atoms with Crippen molar-refractivity contribution in [2.75, 3.05) is 13.2 Å². The Kier molecular flexibility index (Phi) is 7.98. The molecule has 0 spiro atoms. The van der Waals surface area contributed by atoms with Gasteiger partial charge in [0.15, 0.2) is 24.8 Å². The van der Waals surface area contributed by atoms with E-state index in [1.54, 1.807) is 6.08 Å². The van der Waals surface area contributed by atoms with E-state index in [2.05, 4.69) is 6.58 Å². The van der Waals surface area contributed by atoms with E-state index in [1.807, 2.05) is 30.3 Å². The fourth-order valence-corrected chi connectivity index (χ4v) is 3.53. The maximum absolute atomic E-state index is 11.8. The normalized spacial score (nSPS) is 30.7. The summed E-state index contributed by atoms with van der Waals surface area (Å²) in [6.07, 6.45) is -1.38. The second-order valence-electron chi connectivity index (χ2n) is 7.17. The second-order valence-corrected chi connectivity index (χ2v) is 7.17. The van der Waals surface area contributed by atoms with E-state index >= 15 is 0 Å². The first-order valence-corrected chi connectivity index (χ1v) is 10.0. The Labute approximate surface area is 176 Å². The third-order valence-electron chi connectivity index (χ3n) is 4.79. The van der Waals surface area contributed by atoms with E-state index in [1.165, 1.54) is 13.8 Å². The Balaban J connectivity index is 1.81. The summed E-state index contributed by atoms with van der Waals surface area (Å²) >= 11 is 0. The molecule has 0 N–H and O–H groups in total. The summed E-state index contributed by atoms with van der Waals surface area (Å²) in [4.78, 5) is 23.6. The lowest BCUT2D eigenvalue weighted by molar-refractivity contribution is -0.362. The van der Waals surface area contributed by atoms with Crippen molar-refractivity contribution in [3.63, 3.8) is 0 Å². The van der Waals surface area contributed by atoms with E-state index in [-0.39, 0.29) is 6.61 Å². The Bertz CT molecular complexity index is 721. The van der Waals surface area contributed by atoms with Crippen LogP contribution in [-0.4, -0.2) is 55.9 Å². The predicted octanol–water partition coefficient (Wildman–Crippen LogP) is 2.67. The van der Waals surface area contributed by atoms with Crippen molar-refractivity contribution in [2.45, 2.75) is 63.7 Å². The van der Waals surface area contributed by atoms with Gasteiger partial charge in [-0.15, -0.1) is 6.58 Å². The fourth-order valence-electron chi connectivity index (χ4n) is 3.53. The highest BCUT2D eigenvalue weighted by molar-refractivity contribution is 5.67. The minimum atomic E-state index is -0.967. The number of benzene rings is 1. The van der Waals surface area contributed by atoms with Gasteiger partial charge in [-0.1, -0.05) is 36.4 Å². The van der Waals surface area contributed by atoms with Gasteiger partial charge in [-0.2, -0.15) is 0 Å². The van der Waals surface area contributed by atoms with Gasteiger partial charge < -0.3 is 28.4 Å². The molecular weight excluding hydrogens is 392 g/mol. The number of unbranched alkanes of at least 4 members (excludes halogenated alkanes) is 1. The van der Waals surface area contributed by atoms with Gasteiger partial charge in [0.05, 0.1) is 13.2 Å². The predicted molar refractivity (Wildman–Crippen MR) is 105 cm³/mol. The maximum atomic E-state index is 11.8. The zero-order valence-corrected chi connectivity index (χ0v) is 17.2. The number of hydrogen-bond donors (Lipinski definition) is 0. The first kappa shape index (κ1) is 22.4. The molecule has 6 atom stereocenters. The Hall–Kier alpha value is -2.26. The molecule has 1 unspecified atom stereocenters. The van der Waals surface area contributed by atoms with Gasteiger partial charge in [0, 0.05) is 19.4 Å². The van der Waals surface area contributed by atoms with Gasteiger partial charge in [-0.05, 0) is 12.8 Å². The molecule has 2 aliphatic heterocycles. The van der Waals surface area contributed by atoms with Gasteiger partial charge in [0.25, 0.3) is 0 Å². The molecule has 8 nitrogen and oxygen atoms in total. The minimum absolute atomic E-state index is 0.210. The summed E-state index contributed by atoms with van der Waals surface area (Å²) < 4.78 is 34.8. The van der Waals surface area contributed by atoms with Crippen LogP contribution in [0.1, 0.15) is 38.5 Å². The zero-order chi connectivity index (χ0) is 21.5. The summed E-state index contributed by atoms with van der Waals surface area (Å²) in [5.41, 5.74) is 0.823. The first-order chi connectivity index (χ1) is 14.5. The van der Waals surface area contributed by atoms with Gasteiger partial charge in [0.1, 0.15) is 12.2 Å². The van der Waals surface area contributed by atoms with Crippen LogP contribution in [0.25, 0.3) is 0 Å². The molecule has 2 fully saturated rings. The van der Waals surface area contributed by atoms with Crippen LogP contribution in [0.4, 0.5) is 0 Å². The average Bonchev–Trinajstić information content (AvgIpc) is 2.73. The van der Waals surface area contributed by atoms with Crippen molar-refractivity contribution >= 4 is 11.9 Å². The molecule has 164 valence electrons. The van der Waals surface area contributed by atoms with Crippen molar-refractivity contribution in [3.8, 4) is 0 Å². The summed E-state index contributed by atoms with van der Waals surface area (Å²) in [6.45, 7) is 6.84. The lowest BCUT2D eigenvalue weighted by Gasteiger charge is -2.48. The van der Waals surface area contributed by atoms with Gasteiger partial charge >= 0.3 is 11.9 Å². The Morgan fingerprint density at radius 3 is 2.47 bits per heavy atom. The molecule has 0 bridgehead atoms. The van der Waals surface area contributed by atoms with Crippen LogP contribution in [-0.2, 0) is 38.0 Å². The quantitative estimate of drug-likeness (QED) is 0.360. The molecular formula is C22H28O8. The van der Waals surface area contributed by atoms with Crippen molar-refractivity contribution in [1.29, 1.82) is 0 Å². The van der Waals surface area contributed by atoms with E-state index < -0.39 is 48.9 Å². The largest absolute Gasteiger partial charge is 0.455 e. The van der Waals surface area contributed by atoms with Crippen molar-refractivity contribution in [3.05, 3.63) is 48.6 Å². The molecule has 2 heterocycles. The van der Waals surface area contributed by atoms with Gasteiger partial charge in [0.2, 0.25) is 0 Å². The molecule has 2 aliphatic rings. The average molecular weight is 420 g/mol. The van der Waals surface area contributed by atoms with Crippen molar-refractivity contribution in [1.82, 2.24) is 0 Å². The first-order valence-electron chi connectivity index (χ1n) is 10.0. The van der Waals surface area contributed by atoms with Gasteiger partial charge in [-0.3, -0.25) is 9.59 Å². The van der Waals surface area contributed by atoms with Gasteiger partial charge in [-0.25, -0.2) is 0 Å². The van der Waals surface area contributed by atoms with Crippen LogP contribution in [0, 0.1) is 0 Å². The fraction of sp³-hybridized carbons (Fsp3) is 0.545. The second kappa shape index (κ2) is 10.7. The topological polar surface area (TPSA) is 89.5 Å².